The maximum atomic E-state index is 12.4. The summed E-state index contributed by atoms with van der Waals surface area (Å²) in [4.78, 5) is 38.3. The van der Waals surface area contributed by atoms with E-state index in [-0.39, 0.29) is 22.3 Å². The van der Waals surface area contributed by atoms with Crippen LogP contribution in [0.15, 0.2) is 18.2 Å². The Morgan fingerprint density at radius 3 is 2.30 bits per heavy atom. The number of nitrogens with zero attached hydrogens (tertiary/aromatic N) is 2. The molecule has 1 heterocycles. The lowest BCUT2D eigenvalue weighted by Gasteiger charge is -2.26. The summed E-state index contributed by atoms with van der Waals surface area (Å²) in [5, 5.41) is 3.06. The highest BCUT2D eigenvalue weighted by Gasteiger charge is 2.42. The number of imide groups is 2. The maximum Gasteiger partial charge on any atom is 0.340 e. The molecule has 5 amide bonds. The minimum atomic E-state index is -0.979. The Morgan fingerprint density at radius 1 is 1.22 bits per heavy atom. The smallest absolute Gasteiger partial charge is 0.340 e. The van der Waals surface area contributed by atoms with E-state index >= 15 is 0 Å². The summed E-state index contributed by atoms with van der Waals surface area (Å²) in [5.41, 5.74) is -0.772. The second-order valence-electron chi connectivity index (χ2n) is 5.37. The van der Waals surface area contributed by atoms with E-state index < -0.39 is 23.7 Å². The molecular weight excluding hydrogens is 345 g/mol. The first-order valence-corrected chi connectivity index (χ1v) is 7.38. The molecule has 2 rings (SSSR count). The lowest BCUT2D eigenvalue weighted by atomic mass is 10.3. The van der Waals surface area contributed by atoms with E-state index in [4.69, 9.17) is 27.9 Å². The predicted molar refractivity (Wildman–Crippen MR) is 85.7 cm³/mol. The Balaban J connectivity index is 2.25. The average Bonchev–Trinajstić information content (AvgIpc) is 2.72. The molecule has 1 fully saturated rings. The molecular formula is C14H15Cl2N3O4. The zero-order chi connectivity index (χ0) is 17.4. The summed E-state index contributed by atoms with van der Waals surface area (Å²) >= 11 is 11.8. The second-order valence-corrected chi connectivity index (χ2v) is 6.24. The summed E-state index contributed by atoms with van der Waals surface area (Å²) in [6.07, 6.45) is 0. The van der Waals surface area contributed by atoms with E-state index in [2.05, 4.69) is 5.32 Å². The van der Waals surface area contributed by atoms with E-state index in [0.29, 0.717) is 0 Å². The molecule has 7 nitrogen and oxygen atoms in total. The number of carbonyl (C=O) groups excluding carboxylic acids is 3. The van der Waals surface area contributed by atoms with Gasteiger partial charge in [0.1, 0.15) is 12.3 Å². The van der Waals surface area contributed by atoms with Gasteiger partial charge in [-0.1, -0.05) is 23.2 Å². The Morgan fingerprint density at radius 2 is 1.78 bits per heavy atom. The third-order valence-corrected chi connectivity index (χ3v) is 3.67. The fourth-order valence-corrected chi connectivity index (χ4v) is 2.47. The van der Waals surface area contributed by atoms with Crippen molar-refractivity contribution in [2.24, 2.45) is 0 Å². The third-order valence-electron chi connectivity index (χ3n) is 3.23. The number of amides is 5. The number of anilines is 1. The molecule has 1 saturated heterocycles. The minimum absolute atomic E-state index is 0.207. The quantitative estimate of drug-likeness (QED) is 0.664. The Bertz CT molecular complexity index is 658. The lowest BCUT2D eigenvalue weighted by Crippen LogP contribution is -2.52. The fourth-order valence-electron chi connectivity index (χ4n) is 1.96. The van der Waals surface area contributed by atoms with Crippen molar-refractivity contribution in [3.63, 3.8) is 0 Å². The van der Waals surface area contributed by atoms with Crippen LogP contribution in [-0.4, -0.2) is 42.2 Å². The first kappa shape index (κ1) is 17.5. The number of urea groups is 2. The maximum absolute atomic E-state index is 12.4. The van der Waals surface area contributed by atoms with Crippen molar-refractivity contribution in [3.8, 4) is 0 Å². The number of benzene rings is 1. The van der Waals surface area contributed by atoms with Gasteiger partial charge in [-0.05, 0) is 32.0 Å². The molecule has 0 atom stereocenters. The van der Waals surface area contributed by atoms with Gasteiger partial charge in [0.15, 0.2) is 0 Å². The molecule has 9 heteroatoms. The molecule has 1 aromatic rings. The molecule has 1 aliphatic heterocycles. The van der Waals surface area contributed by atoms with Crippen molar-refractivity contribution >= 4 is 46.9 Å². The van der Waals surface area contributed by atoms with Crippen LogP contribution in [0.3, 0.4) is 0 Å². The van der Waals surface area contributed by atoms with Gasteiger partial charge in [-0.25, -0.2) is 19.4 Å². The lowest BCUT2D eigenvalue weighted by molar-refractivity contribution is -0.116. The molecule has 1 aliphatic rings. The molecule has 1 N–H and O–H groups in total. The number of methoxy groups -OCH3 is 1. The minimum Gasteiger partial charge on any atom is -0.360 e. The van der Waals surface area contributed by atoms with E-state index in [1.807, 2.05) is 0 Å². The number of hydrogen-bond acceptors (Lipinski definition) is 4. The highest BCUT2D eigenvalue weighted by atomic mass is 35.5. The van der Waals surface area contributed by atoms with Crippen LogP contribution in [0.25, 0.3) is 0 Å². The summed E-state index contributed by atoms with van der Waals surface area (Å²) in [5.74, 6) is -0.557. The number of rotatable bonds is 3. The van der Waals surface area contributed by atoms with Gasteiger partial charge in [-0.15, -0.1) is 0 Å². The third kappa shape index (κ3) is 3.74. The van der Waals surface area contributed by atoms with Crippen molar-refractivity contribution in [3.05, 3.63) is 28.2 Å². The molecule has 0 radical (unpaired) electrons. The van der Waals surface area contributed by atoms with Crippen LogP contribution in [-0.2, 0) is 9.53 Å². The number of carbonyl (C=O) groups is 3. The number of hydrogen-bond donors (Lipinski definition) is 1. The monoisotopic (exact) mass is 359 g/mol. The fraction of sp³-hybridized carbons (Fsp3) is 0.357. The van der Waals surface area contributed by atoms with E-state index in [1.54, 1.807) is 13.8 Å². The van der Waals surface area contributed by atoms with E-state index in [9.17, 15) is 14.4 Å². The van der Waals surface area contributed by atoms with Crippen LogP contribution in [0, 0.1) is 0 Å². The predicted octanol–water partition coefficient (Wildman–Crippen LogP) is 2.85. The Kier molecular flexibility index (Phi) is 4.84. The normalized spacial score (nSPS) is 15.3. The topological polar surface area (TPSA) is 79.0 Å². The van der Waals surface area contributed by atoms with Gasteiger partial charge < -0.3 is 10.1 Å². The van der Waals surface area contributed by atoms with Gasteiger partial charge in [0.05, 0.1) is 5.69 Å². The standard InChI is InChI=1S/C14H15Cl2N3O4/c1-14(2,23-3)17-12(21)18-7-11(20)19(13(18)22)10-5-8(15)4-9(16)6-10/h4-6H,7H2,1-3H3,(H,17,21). The number of ether oxygens (including phenoxy) is 1. The molecule has 0 aromatic heterocycles. The summed E-state index contributed by atoms with van der Waals surface area (Å²) in [6.45, 7) is 2.85. The molecule has 1 aromatic carbocycles. The molecule has 0 saturated carbocycles. The van der Waals surface area contributed by atoms with Gasteiger partial charge in [0.25, 0.3) is 5.91 Å². The first-order valence-electron chi connectivity index (χ1n) is 6.62. The van der Waals surface area contributed by atoms with Crippen molar-refractivity contribution in [1.82, 2.24) is 10.2 Å². The highest BCUT2D eigenvalue weighted by Crippen LogP contribution is 2.28. The molecule has 0 unspecified atom stereocenters. The summed E-state index contributed by atoms with van der Waals surface area (Å²) in [6, 6.07) is 2.81. The van der Waals surface area contributed by atoms with Crippen molar-refractivity contribution in [2.45, 2.75) is 19.6 Å². The zero-order valence-corrected chi connectivity index (χ0v) is 14.2. The Labute approximate surface area is 143 Å². The van der Waals surface area contributed by atoms with Crippen LogP contribution >= 0.6 is 23.2 Å². The largest absolute Gasteiger partial charge is 0.360 e. The number of halogens is 2. The van der Waals surface area contributed by atoms with Crippen molar-refractivity contribution in [1.29, 1.82) is 0 Å². The van der Waals surface area contributed by atoms with E-state index in [0.717, 1.165) is 9.80 Å². The summed E-state index contributed by atoms with van der Waals surface area (Å²) < 4.78 is 5.07. The van der Waals surface area contributed by atoms with Crippen LogP contribution in [0.4, 0.5) is 15.3 Å². The highest BCUT2D eigenvalue weighted by molar-refractivity contribution is 6.35. The van der Waals surface area contributed by atoms with Gasteiger partial charge in [-0.2, -0.15) is 0 Å². The van der Waals surface area contributed by atoms with E-state index in [1.165, 1.54) is 25.3 Å². The van der Waals surface area contributed by atoms with Crippen molar-refractivity contribution < 1.29 is 19.1 Å². The zero-order valence-electron chi connectivity index (χ0n) is 12.7. The molecule has 23 heavy (non-hydrogen) atoms. The molecule has 124 valence electrons. The summed E-state index contributed by atoms with van der Waals surface area (Å²) in [7, 11) is 1.41. The van der Waals surface area contributed by atoms with Gasteiger partial charge in [0.2, 0.25) is 0 Å². The SMILES string of the molecule is COC(C)(C)NC(=O)N1CC(=O)N(c2cc(Cl)cc(Cl)c2)C1=O. The average molecular weight is 360 g/mol. The van der Waals surface area contributed by atoms with Gasteiger partial charge in [0, 0.05) is 17.2 Å². The van der Waals surface area contributed by atoms with Crippen LogP contribution < -0.4 is 10.2 Å². The number of nitrogens with one attached hydrogen (secondary N) is 1. The van der Waals surface area contributed by atoms with Crippen LogP contribution in [0.2, 0.25) is 10.0 Å². The van der Waals surface area contributed by atoms with Crippen LogP contribution in [0.1, 0.15) is 13.8 Å². The van der Waals surface area contributed by atoms with Crippen LogP contribution in [0.5, 0.6) is 0 Å². The molecule has 0 aliphatic carbocycles. The van der Waals surface area contributed by atoms with Crippen molar-refractivity contribution in [2.75, 3.05) is 18.6 Å². The second kappa shape index (κ2) is 6.35. The van der Waals surface area contributed by atoms with Gasteiger partial charge in [-0.3, -0.25) is 4.79 Å². The molecule has 0 bridgehead atoms. The molecule has 0 spiro atoms. The Hall–Kier alpha value is -1.83. The first-order chi connectivity index (χ1) is 10.6. The van der Waals surface area contributed by atoms with Gasteiger partial charge >= 0.3 is 12.1 Å².